The van der Waals surface area contributed by atoms with Gasteiger partial charge in [0.25, 0.3) is 0 Å². The Hall–Kier alpha value is 0.277. The van der Waals surface area contributed by atoms with Crippen molar-refractivity contribution >= 4 is 20.5 Å². The molecule has 0 aromatic heterocycles. The third-order valence-corrected chi connectivity index (χ3v) is 15.9. The van der Waals surface area contributed by atoms with Gasteiger partial charge in [-0.2, -0.15) is 0 Å². The van der Waals surface area contributed by atoms with Gasteiger partial charge in [0.15, 0.2) is 0 Å². The quantitative estimate of drug-likeness (QED) is 0.658. The Morgan fingerprint density at radius 3 is 1.32 bits per heavy atom. The zero-order valence-electron chi connectivity index (χ0n) is 15.7. The van der Waals surface area contributed by atoms with Crippen molar-refractivity contribution in [3.05, 3.63) is 39.2 Å². The first-order chi connectivity index (χ1) is 8.77. The van der Waals surface area contributed by atoms with Crippen LogP contribution in [0.3, 0.4) is 0 Å². The predicted molar refractivity (Wildman–Crippen MR) is 91.2 cm³/mol. The van der Waals surface area contributed by atoms with Gasteiger partial charge in [-0.3, -0.25) is 0 Å². The third-order valence-electron chi connectivity index (χ3n) is 5.55. The van der Waals surface area contributed by atoms with E-state index < -0.39 is 23.2 Å². The van der Waals surface area contributed by atoms with Crippen LogP contribution in [0.4, 0.5) is 0 Å². The summed E-state index contributed by atoms with van der Waals surface area (Å²) in [5.41, 5.74) is 6.59. The standard InChI is InChI=1S/2C8H13Si.Zr.2H/c2*1-5-4-8(9)7(3)6(5)2;;;/h2*5H,1-3,9H3;;;/q;;;2*-1. The fraction of sp³-hybridized carbons (Fsp3) is 0.500. The molecule has 0 saturated carbocycles. The van der Waals surface area contributed by atoms with Crippen molar-refractivity contribution in [2.45, 2.75) is 41.5 Å². The summed E-state index contributed by atoms with van der Waals surface area (Å²) in [7, 11) is 2.49. The molecule has 0 N–H and O–H groups in total. The molecule has 0 aromatic rings. The summed E-state index contributed by atoms with van der Waals surface area (Å²) in [6.45, 7) is 14.3. The van der Waals surface area contributed by atoms with Crippen molar-refractivity contribution in [2.75, 3.05) is 0 Å². The first-order valence-corrected chi connectivity index (χ1v) is 11.8. The van der Waals surface area contributed by atoms with E-state index in [9.17, 15) is 0 Å². The van der Waals surface area contributed by atoms with Gasteiger partial charge in [0.2, 0.25) is 0 Å². The van der Waals surface area contributed by atoms with Crippen LogP contribution < -0.4 is 0 Å². The van der Waals surface area contributed by atoms with E-state index in [0.29, 0.717) is 0 Å². The smallest absolute Gasteiger partial charge is 1.00 e. The van der Waals surface area contributed by atoms with E-state index in [1.54, 1.807) is 32.7 Å². The van der Waals surface area contributed by atoms with E-state index in [1.807, 2.05) is 6.56 Å². The van der Waals surface area contributed by atoms with Crippen molar-refractivity contribution in [1.29, 1.82) is 0 Å². The van der Waals surface area contributed by atoms with E-state index in [4.69, 9.17) is 0 Å². The molecule has 0 aromatic carbocycles. The van der Waals surface area contributed by atoms with Crippen LogP contribution in [0.25, 0.3) is 0 Å². The van der Waals surface area contributed by atoms with Crippen LogP contribution in [-0.2, 0) is 23.2 Å². The first kappa shape index (κ1) is 15.7. The molecule has 2 atom stereocenters. The maximum atomic E-state index is 2.44. The monoisotopic (exact) mass is 366 g/mol. The minimum atomic E-state index is -0.532. The molecule has 0 spiro atoms. The summed E-state index contributed by atoms with van der Waals surface area (Å²) in [5, 5.41) is 3.54. The third kappa shape index (κ3) is 2.47. The van der Waals surface area contributed by atoms with Crippen molar-refractivity contribution in [2.24, 2.45) is 11.8 Å². The molecule has 3 heteroatoms. The molecule has 0 fully saturated rings. The zero-order chi connectivity index (χ0) is 14.5. The molecule has 2 aliphatic rings. The Bertz CT molecular complexity index is 521. The molecule has 0 radical (unpaired) electrons. The molecule has 0 bridgehead atoms. The molecule has 0 heterocycles. The van der Waals surface area contributed by atoms with Crippen molar-refractivity contribution in [3.63, 3.8) is 0 Å². The largest absolute Gasteiger partial charge is 1.00 e. The summed E-state index contributed by atoms with van der Waals surface area (Å²) in [5.74, 6) is 1.52. The second-order valence-electron chi connectivity index (χ2n) is 6.26. The second-order valence-corrected chi connectivity index (χ2v) is 11.5. The predicted octanol–water partition coefficient (Wildman–Crippen LogP) is 2.42. The molecule has 19 heavy (non-hydrogen) atoms. The summed E-state index contributed by atoms with van der Waals surface area (Å²) >= 11 is -0.532. The van der Waals surface area contributed by atoms with E-state index in [2.05, 4.69) is 41.5 Å². The van der Waals surface area contributed by atoms with Crippen molar-refractivity contribution in [1.82, 2.24) is 0 Å². The molecule has 0 nitrogen and oxygen atoms in total. The summed E-state index contributed by atoms with van der Waals surface area (Å²) < 4.78 is 3.81. The van der Waals surface area contributed by atoms with Crippen LogP contribution in [0.1, 0.15) is 44.4 Å². The molecule has 2 unspecified atom stereocenters. The van der Waals surface area contributed by atoms with Gasteiger partial charge in [-0.15, -0.1) is 0 Å². The van der Waals surface area contributed by atoms with Gasteiger partial charge in [-0.1, -0.05) is 0 Å². The molecule has 2 rings (SSSR count). The van der Waals surface area contributed by atoms with E-state index in [-0.39, 0.29) is 2.85 Å². The molecular formula is C16H28Si2Zr-2. The van der Waals surface area contributed by atoms with Gasteiger partial charge in [0.05, 0.1) is 0 Å². The minimum Gasteiger partial charge on any atom is -1.00 e. The molecule has 106 valence electrons. The molecule has 0 amide bonds. The van der Waals surface area contributed by atoms with Crippen LogP contribution in [0, 0.1) is 11.8 Å². The molecular weight excluding hydrogens is 340 g/mol. The normalized spacial score (nSPS) is 28.5. The Labute approximate surface area is 138 Å². The van der Waals surface area contributed by atoms with Gasteiger partial charge in [0.1, 0.15) is 0 Å². The van der Waals surface area contributed by atoms with Crippen LogP contribution in [0.15, 0.2) is 39.2 Å². The van der Waals surface area contributed by atoms with Gasteiger partial charge in [-0.05, 0) is 0 Å². The fourth-order valence-electron chi connectivity index (χ4n) is 3.28. The van der Waals surface area contributed by atoms with E-state index in [1.165, 1.54) is 20.5 Å². The number of rotatable bonds is 2. The average Bonchev–Trinajstić information content (AvgIpc) is 2.68. The topological polar surface area (TPSA) is 0 Å². The van der Waals surface area contributed by atoms with Crippen LogP contribution in [0.5, 0.6) is 0 Å². The Morgan fingerprint density at radius 1 is 0.789 bits per heavy atom. The fourth-order valence-corrected chi connectivity index (χ4v) is 11.1. The van der Waals surface area contributed by atoms with Crippen LogP contribution >= 0.6 is 0 Å². The van der Waals surface area contributed by atoms with Gasteiger partial charge in [-0.25, -0.2) is 0 Å². The SMILES string of the molecule is CC1=C(C)C(C)[C]([Zr][C]2=C([SiH3])C(C)=C(C)C2C)=C1[SiH3].[H-].[H-]. The average molecular weight is 368 g/mol. The van der Waals surface area contributed by atoms with Crippen molar-refractivity contribution < 1.29 is 26.1 Å². The number of hydrogen-bond acceptors (Lipinski definition) is 0. The second kappa shape index (κ2) is 5.58. The van der Waals surface area contributed by atoms with Crippen LogP contribution in [0.2, 0.25) is 0 Å². The molecule has 0 aliphatic heterocycles. The Morgan fingerprint density at radius 2 is 1.11 bits per heavy atom. The summed E-state index contributed by atoms with van der Waals surface area (Å²) in [6.07, 6.45) is 0. The van der Waals surface area contributed by atoms with Gasteiger partial charge < -0.3 is 2.85 Å². The van der Waals surface area contributed by atoms with Crippen LogP contribution in [-0.4, -0.2) is 20.5 Å². The van der Waals surface area contributed by atoms with E-state index >= 15 is 0 Å². The summed E-state index contributed by atoms with van der Waals surface area (Å²) in [4.78, 5) is 0. The minimum absolute atomic E-state index is 0. The molecule has 2 aliphatic carbocycles. The zero-order valence-corrected chi connectivity index (χ0v) is 20.1. The summed E-state index contributed by atoms with van der Waals surface area (Å²) in [6, 6.07) is 0. The van der Waals surface area contributed by atoms with Gasteiger partial charge in [0, 0.05) is 0 Å². The number of hydrogen-bond donors (Lipinski definition) is 0. The number of allylic oxidation sites excluding steroid dienone is 8. The van der Waals surface area contributed by atoms with Gasteiger partial charge >= 0.3 is 136 Å². The Kier molecular flexibility index (Phi) is 4.60. The maximum Gasteiger partial charge on any atom is -1.00 e. The Balaban J connectivity index is 0.00000200. The van der Waals surface area contributed by atoms with Crippen molar-refractivity contribution in [3.8, 4) is 0 Å². The maximum absolute atomic E-state index is 2.44. The molecule has 0 saturated heterocycles. The van der Waals surface area contributed by atoms with E-state index in [0.717, 1.165) is 11.8 Å². The first-order valence-electron chi connectivity index (χ1n) is 7.31.